The van der Waals surface area contributed by atoms with Crippen LogP contribution in [-0.2, 0) is 9.47 Å². The van der Waals surface area contributed by atoms with Crippen molar-refractivity contribution in [3.63, 3.8) is 0 Å². The summed E-state index contributed by atoms with van der Waals surface area (Å²) in [6, 6.07) is 0.114. The quantitative estimate of drug-likeness (QED) is 0.685. The van der Waals surface area contributed by atoms with E-state index >= 15 is 0 Å². The van der Waals surface area contributed by atoms with Gasteiger partial charge in [-0.2, -0.15) is 0 Å². The van der Waals surface area contributed by atoms with Gasteiger partial charge in [-0.25, -0.2) is 4.79 Å². The van der Waals surface area contributed by atoms with Crippen molar-refractivity contribution in [3.05, 3.63) is 0 Å². The van der Waals surface area contributed by atoms with E-state index in [0.29, 0.717) is 26.2 Å². The average Bonchev–Trinajstić information content (AvgIpc) is 2.05. The van der Waals surface area contributed by atoms with E-state index < -0.39 is 5.60 Å². The molecule has 0 unspecified atom stereocenters. The van der Waals surface area contributed by atoms with E-state index in [0.717, 1.165) is 0 Å². The lowest BCUT2D eigenvalue weighted by Gasteiger charge is -2.37. The zero-order valence-corrected chi connectivity index (χ0v) is 10.2. The van der Waals surface area contributed by atoms with Crippen molar-refractivity contribution in [1.29, 1.82) is 0 Å². The Kier molecular flexibility index (Phi) is 4.19. The highest BCUT2D eigenvalue weighted by Gasteiger charge is 2.32. The minimum Gasteiger partial charge on any atom is -0.444 e. The fraction of sp³-hybridized carbons (Fsp3) is 0.750. The molecule has 0 radical (unpaired) electrons. The number of amides is 1. The molecule has 0 aliphatic carbocycles. The Hall–Kier alpha value is -1.21. The van der Waals surface area contributed by atoms with Gasteiger partial charge in [0, 0.05) is 13.0 Å². The molecular weight excluding hydrogens is 206 g/mol. The van der Waals surface area contributed by atoms with Crippen LogP contribution in [0.5, 0.6) is 0 Å². The Labute approximate surface area is 96.9 Å². The summed E-state index contributed by atoms with van der Waals surface area (Å²) in [5, 5.41) is 0. The first-order chi connectivity index (χ1) is 7.44. The first-order valence-corrected chi connectivity index (χ1v) is 5.45. The molecule has 1 amide bonds. The zero-order valence-electron chi connectivity index (χ0n) is 10.2. The molecule has 0 N–H and O–H groups in total. The molecule has 0 atom stereocenters. The van der Waals surface area contributed by atoms with Crippen LogP contribution < -0.4 is 0 Å². The molecule has 1 aliphatic heterocycles. The lowest BCUT2D eigenvalue weighted by molar-refractivity contribution is -0.0697. The van der Waals surface area contributed by atoms with Crippen LogP contribution in [0.4, 0.5) is 4.79 Å². The molecule has 4 nitrogen and oxygen atoms in total. The van der Waals surface area contributed by atoms with Crippen molar-refractivity contribution >= 4 is 6.09 Å². The smallest absolute Gasteiger partial charge is 0.410 e. The molecule has 1 fully saturated rings. The maximum atomic E-state index is 11.9. The van der Waals surface area contributed by atoms with Crippen LogP contribution >= 0.6 is 0 Å². The molecule has 0 aromatic rings. The number of hydrogen-bond donors (Lipinski definition) is 0. The summed E-state index contributed by atoms with van der Waals surface area (Å²) in [5.41, 5.74) is -0.476. The molecule has 4 heteroatoms. The second-order valence-corrected chi connectivity index (χ2v) is 4.82. The molecule has 0 spiro atoms. The highest BCUT2D eigenvalue weighted by molar-refractivity contribution is 5.68. The van der Waals surface area contributed by atoms with Crippen LogP contribution in [0.3, 0.4) is 0 Å². The van der Waals surface area contributed by atoms with Gasteiger partial charge < -0.3 is 9.47 Å². The number of carbonyl (C=O) groups is 1. The van der Waals surface area contributed by atoms with E-state index in [1.165, 1.54) is 0 Å². The van der Waals surface area contributed by atoms with Gasteiger partial charge >= 0.3 is 6.09 Å². The third kappa shape index (κ3) is 3.74. The first kappa shape index (κ1) is 12.9. The van der Waals surface area contributed by atoms with Crippen molar-refractivity contribution in [2.75, 3.05) is 19.8 Å². The summed E-state index contributed by atoms with van der Waals surface area (Å²) in [5.74, 6) is 2.53. The minimum atomic E-state index is -0.476. The maximum Gasteiger partial charge on any atom is 0.410 e. The van der Waals surface area contributed by atoms with E-state index in [1.54, 1.807) is 4.90 Å². The van der Waals surface area contributed by atoms with Gasteiger partial charge in [0.2, 0.25) is 0 Å². The van der Waals surface area contributed by atoms with Crippen LogP contribution in [0.1, 0.15) is 27.2 Å². The van der Waals surface area contributed by atoms with Crippen molar-refractivity contribution in [3.8, 4) is 12.3 Å². The molecule has 1 aliphatic rings. The largest absolute Gasteiger partial charge is 0.444 e. The van der Waals surface area contributed by atoms with Crippen LogP contribution in [0.15, 0.2) is 0 Å². The third-order valence-electron chi connectivity index (χ3n) is 2.19. The average molecular weight is 225 g/mol. The van der Waals surface area contributed by atoms with Gasteiger partial charge in [-0.3, -0.25) is 4.90 Å². The van der Waals surface area contributed by atoms with Crippen LogP contribution in [0.25, 0.3) is 0 Å². The van der Waals surface area contributed by atoms with Crippen molar-refractivity contribution in [2.45, 2.75) is 38.8 Å². The number of terminal acetylenes is 1. The Morgan fingerprint density at radius 2 is 2.19 bits per heavy atom. The molecule has 0 aromatic heterocycles. The molecule has 1 heterocycles. The van der Waals surface area contributed by atoms with Gasteiger partial charge in [0.1, 0.15) is 5.60 Å². The molecule has 1 rings (SSSR count). The van der Waals surface area contributed by atoms with Crippen LogP contribution in [0, 0.1) is 12.3 Å². The van der Waals surface area contributed by atoms with Gasteiger partial charge in [-0.05, 0) is 20.8 Å². The van der Waals surface area contributed by atoms with Crippen molar-refractivity contribution in [1.82, 2.24) is 4.90 Å². The number of rotatable bonds is 3. The number of carbonyl (C=O) groups excluding carboxylic acids is 1. The van der Waals surface area contributed by atoms with E-state index in [1.807, 2.05) is 20.8 Å². The number of nitrogens with zero attached hydrogens (tertiary/aromatic N) is 1. The maximum absolute atomic E-state index is 11.9. The summed E-state index contributed by atoms with van der Waals surface area (Å²) >= 11 is 0. The molecular formula is C12H19NO3. The summed E-state index contributed by atoms with van der Waals surface area (Å²) in [6.45, 7) is 7.22. The third-order valence-corrected chi connectivity index (χ3v) is 2.19. The van der Waals surface area contributed by atoms with Gasteiger partial charge in [-0.1, -0.05) is 0 Å². The monoisotopic (exact) mass is 225 g/mol. The highest BCUT2D eigenvalue weighted by Crippen LogP contribution is 2.16. The predicted octanol–water partition coefficient (Wildman–Crippen LogP) is 1.65. The van der Waals surface area contributed by atoms with Crippen LogP contribution in [-0.4, -0.2) is 42.4 Å². The number of hydrogen-bond acceptors (Lipinski definition) is 3. The molecule has 1 saturated heterocycles. The SMILES string of the molecule is C#CCCN(C(=O)OC(C)(C)C)C1COC1. The van der Waals surface area contributed by atoms with Crippen molar-refractivity contribution < 1.29 is 14.3 Å². The second-order valence-electron chi connectivity index (χ2n) is 4.82. The molecule has 0 bridgehead atoms. The fourth-order valence-corrected chi connectivity index (χ4v) is 1.33. The molecule has 0 saturated carbocycles. The lowest BCUT2D eigenvalue weighted by atomic mass is 10.2. The Balaban J connectivity index is 2.54. The van der Waals surface area contributed by atoms with E-state index in [-0.39, 0.29) is 12.1 Å². The zero-order chi connectivity index (χ0) is 12.2. The van der Waals surface area contributed by atoms with Crippen LogP contribution in [0.2, 0.25) is 0 Å². The summed E-state index contributed by atoms with van der Waals surface area (Å²) < 4.78 is 10.4. The topological polar surface area (TPSA) is 38.8 Å². The van der Waals surface area contributed by atoms with E-state index in [2.05, 4.69) is 5.92 Å². The summed E-state index contributed by atoms with van der Waals surface area (Å²) in [4.78, 5) is 13.5. The van der Waals surface area contributed by atoms with E-state index in [4.69, 9.17) is 15.9 Å². The van der Waals surface area contributed by atoms with Gasteiger partial charge in [-0.15, -0.1) is 12.3 Å². The van der Waals surface area contributed by atoms with Gasteiger partial charge in [0.15, 0.2) is 0 Å². The lowest BCUT2D eigenvalue weighted by Crippen LogP contribution is -2.53. The second kappa shape index (κ2) is 5.22. The molecule has 0 aromatic carbocycles. The Morgan fingerprint density at radius 1 is 1.56 bits per heavy atom. The first-order valence-electron chi connectivity index (χ1n) is 5.45. The standard InChI is InChI=1S/C12H19NO3/c1-5-6-7-13(10-8-15-9-10)11(14)16-12(2,3)4/h1,10H,6-9H2,2-4H3. The Bertz CT molecular complexity index is 284. The normalized spacial score (nSPS) is 16.1. The van der Waals surface area contributed by atoms with Gasteiger partial charge in [0.25, 0.3) is 0 Å². The van der Waals surface area contributed by atoms with Crippen molar-refractivity contribution in [2.24, 2.45) is 0 Å². The molecule has 90 valence electrons. The fourth-order valence-electron chi connectivity index (χ4n) is 1.33. The van der Waals surface area contributed by atoms with E-state index in [9.17, 15) is 4.79 Å². The highest BCUT2D eigenvalue weighted by atomic mass is 16.6. The summed E-state index contributed by atoms with van der Waals surface area (Å²) in [6.07, 6.45) is 5.43. The van der Waals surface area contributed by atoms with Gasteiger partial charge in [0.05, 0.1) is 19.3 Å². The predicted molar refractivity (Wildman–Crippen MR) is 61.0 cm³/mol. The minimum absolute atomic E-state index is 0.114. The number of ether oxygens (including phenoxy) is 2. The molecule has 16 heavy (non-hydrogen) atoms. The Morgan fingerprint density at radius 3 is 2.56 bits per heavy atom. The summed E-state index contributed by atoms with van der Waals surface area (Å²) in [7, 11) is 0.